The van der Waals surface area contributed by atoms with Crippen molar-refractivity contribution >= 4 is 22.8 Å². The first kappa shape index (κ1) is 15.1. The van der Waals surface area contributed by atoms with Crippen LogP contribution in [0.5, 0.6) is 0 Å². The fourth-order valence-corrected chi connectivity index (χ4v) is 3.88. The van der Waals surface area contributed by atoms with Crippen molar-refractivity contribution in [2.75, 3.05) is 0 Å². The van der Waals surface area contributed by atoms with Gasteiger partial charge in [0, 0.05) is 11.6 Å². The van der Waals surface area contributed by atoms with Crippen molar-refractivity contribution in [3.63, 3.8) is 0 Å². The van der Waals surface area contributed by atoms with Crippen LogP contribution in [0, 0.1) is 5.92 Å². The Morgan fingerprint density at radius 1 is 1.21 bits per heavy atom. The van der Waals surface area contributed by atoms with Crippen molar-refractivity contribution in [2.45, 2.75) is 44.7 Å². The van der Waals surface area contributed by atoms with E-state index in [0.29, 0.717) is 5.92 Å². The van der Waals surface area contributed by atoms with Gasteiger partial charge >= 0.3 is 6.03 Å². The molecule has 1 saturated heterocycles. The Kier molecular flexibility index (Phi) is 3.52. The summed E-state index contributed by atoms with van der Waals surface area (Å²) in [6.07, 6.45) is 5.18. The minimum absolute atomic E-state index is 0.0765. The van der Waals surface area contributed by atoms with Crippen LogP contribution in [-0.2, 0) is 11.3 Å². The van der Waals surface area contributed by atoms with Gasteiger partial charge in [-0.1, -0.05) is 31.2 Å². The molecule has 2 fully saturated rings. The molecule has 124 valence electrons. The second-order valence-electron chi connectivity index (χ2n) is 7.08. The molecule has 1 aromatic carbocycles. The molecule has 5 heteroatoms. The topological polar surface area (TPSA) is 62.3 Å². The van der Waals surface area contributed by atoms with E-state index in [2.05, 4.69) is 17.2 Å². The Morgan fingerprint density at radius 2 is 1.96 bits per heavy atom. The van der Waals surface area contributed by atoms with E-state index in [4.69, 9.17) is 0 Å². The monoisotopic (exact) mass is 323 g/mol. The molecule has 2 aliphatic rings. The summed E-state index contributed by atoms with van der Waals surface area (Å²) in [5.41, 5.74) is 1.07. The Bertz CT molecular complexity index is 804. The number of hydrogen-bond donors (Lipinski definition) is 1. The van der Waals surface area contributed by atoms with Crippen LogP contribution in [0.3, 0.4) is 0 Å². The zero-order valence-corrected chi connectivity index (χ0v) is 13.8. The van der Waals surface area contributed by atoms with Gasteiger partial charge < -0.3 is 5.32 Å². The summed E-state index contributed by atoms with van der Waals surface area (Å²) in [4.78, 5) is 31.2. The van der Waals surface area contributed by atoms with Gasteiger partial charge in [-0.25, -0.2) is 4.79 Å². The second-order valence-corrected chi connectivity index (χ2v) is 7.08. The normalized spacial score (nSPS) is 27.0. The lowest BCUT2D eigenvalue weighted by Gasteiger charge is -2.33. The number of carbonyl (C=O) groups excluding carboxylic acids is 2. The predicted molar refractivity (Wildman–Crippen MR) is 91.2 cm³/mol. The molecule has 0 atom stereocenters. The number of aromatic nitrogens is 1. The maximum Gasteiger partial charge on any atom is 0.325 e. The molecule has 0 bridgehead atoms. The van der Waals surface area contributed by atoms with Gasteiger partial charge in [-0.05, 0) is 43.2 Å². The van der Waals surface area contributed by atoms with Crippen LogP contribution in [0.2, 0.25) is 0 Å². The van der Waals surface area contributed by atoms with Crippen LogP contribution in [0.15, 0.2) is 36.5 Å². The fourth-order valence-electron chi connectivity index (χ4n) is 3.88. The Morgan fingerprint density at radius 3 is 2.75 bits per heavy atom. The number of hydrogen-bond acceptors (Lipinski definition) is 3. The van der Waals surface area contributed by atoms with Gasteiger partial charge in [0.2, 0.25) is 0 Å². The van der Waals surface area contributed by atoms with E-state index in [-0.39, 0.29) is 18.5 Å². The third-order valence-corrected chi connectivity index (χ3v) is 5.42. The van der Waals surface area contributed by atoms with Crippen molar-refractivity contribution in [2.24, 2.45) is 5.92 Å². The van der Waals surface area contributed by atoms with Gasteiger partial charge in [0.25, 0.3) is 5.91 Å². The highest BCUT2D eigenvalue weighted by Crippen LogP contribution is 2.37. The van der Waals surface area contributed by atoms with Crippen LogP contribution >= 0.6 is 0 Å². The molecule has 5 nitrogen and oxygen atoms in total. The van der Waals surface area contributed by atoms with Crippen molar-refractivity contribution < 1.29 is 9.59 Å². The maximum atomic E-state index is 13.0. The number of amides is 3. The van der Waals surface area contributed by atoms with Crippen molar-refractivity contribution in [1.29, 1.82) is 0 Å². The minimum Gasteiger partial charge on any atom is -0.323 e. The highest BCUT2D eigenvalue weighted by Gasteiger charge is 2.51. The van der Waals surface area contributed by atoms with E-state index in [9.17, 15) is 9.59 Å². The molecular weight excluding hydrogens is 302 g/mol. The molecular formula is C19H21N3O2. The standard InChI is InChI=1S/C19H21N3O2/c1-13-7-9-19(10-8-13)17(23)22(18(24)21-19)12-15-5-2-4-14-6-3-11-20-16(14)15/h2-6,11,13H,7-10,12H2,1H3,(H,21,24). The molecule has 2 aromatic rings. The number of carbonyl (C=O) groups is 2. The number of benzene rings is 1. The van der Waals surface area contributed by atoms with Gasteiger partial charge in [-0.2, -0.15) is 0 Å². The van der Waals surface area contributed by atoms with Crippen molar-refractivity contribution in [3.8, 4) is 0 Å². The van der Waals surface area contributed by atoms with Crippen LogP contribution < -0.4 is 5.32 Å². The molecule has 1 N–H and O–H groups in total. The number of rotatable bonds is 2. The smallest absolute Gasteiger partial charge is 0.323 e. The lowest BCUT2D eigenvalue weighted by Crippen LogP contribution is -2.49. The van der Waals surface area contributed by atoms with Crippen molar-refractivity contribution in [3.05, 3.63) is 42.1 Å². The molecule has 0 unspecified atom stereocenters. The SMILES string of the molecule is CC1CCC2(CC1)NC(=O)N(Cc1cccc3cccnc13)C2=O. The fraction of sp³-hybridized carbons (Fsp3) is 0.421. The first-order chi connectivity index (χ1) is 11.6. The molecule has 1 saturated carbocycles. The Hall–Kier alpha value is -2.43. The maximum absolute atomic E-state index is 13.0. The second kappa shape index (κ2) is 5.58. The number of nitrogens with zero attached hydrogens (tertiary/aromatic N) is 2. The third-order valence-electron chi connectivity index (χ3n) is 5.42. The summed E-state index contributed by atoms with van der Waals surface area (Å²) >= 11 is 0. The van der Waals surface area contributed by atoms with E-state index in [0.717, 1.165) is 42.1 Å². The third kappa shape index (κ3) is 2.35. The first-order valence-corrected chi connectivity index (χ1v) is 8.56. The zero-order valence-electron chi connectivity index (χ0n) is 13.8. The number of para-hydroxylation sites is 1. The largest absolute Gasteiger partial charge is 0.325 e. The molecule has 1 aliphatic carbocycles. The zero-order chi connectivity index (χ0) is 16.7. The highest BCUT2D eigenvalue weighted by molar-refractivity contribution is 6.07. The summed E-state index contributed by atoms with van der Waals surface area (Å²) < 4.78 is 0. The van der Waals surface area contributed by atoms with E-state index in [1.54, 1.807) is 6.20 Å². The number of pyridine rings is 1. The van der Waals surface area contributed by atoms with Gasteiger partial charge in [0.1, 0.15) is 5.54 Å². The Balaban J connectivity index is 1.63. The first-order valence-electron chi connectivity index (χ1n) is 8.56. The summed E-state index contributed by atoms with van der Waals surface area (Å²) in [5.74, 6) is 0.545. The summed E-state index contributed by atoms with van der Waals surface area (Å²) in [7, 11) is 0. The molecule has 4 rings (SSSR count). The Labute approximate surface area is 141 Å². The lowest BCUT2D eigenvalue weighted by atomic mass is 9.77. The number of urea groups is 1. The quantitative estimate of drug-likeness (QED) is 0.863. The van der Waals surface area contributed by atoms with Gasteiger partial charge in [0.05, 0.1) is 12.1 Å². The van der Waals surface area contributed by atoms with Crippen molar-refractivity contribution in [1.82, 2.24) is 15.2 Å². The van der Waals surface area contributed by atoms with E-state index in [1.165, 1.54) is 4.90 Å². The van der Waals surface area contributed by atoms with Gasteiger partial charge in [-0.15, -0.1) is 0 Å². The minimum atomic E-state index is -0.679. The molecule has 2 heterocycles. The molecule has 1 spiro atoms. The molecule has 1 aromatic heterocycles. The van der Waals surface area contributed by atoms with Crippen LogP contribution in [0.25, 0.3) is 10.9 Å². The number of nitrogens with one attached hydrogen (secondary N) is 1. The summed E-state index contributed by atoms with van der Waals surface area (Å²) in [6, 6.07) is 9.46. The van der Waals surface area contributed by atoms with Gasteiger partial charge in [0.15, 0.2) is 0 Å². The van der Waals surface area contributed by atoms with E-state index < -0.39 is 5.54 Å². The van der Waals surface area contributed by atoms with Crippen LogP contribution in [0.1, 0.15) is 38.2 Å². The van der Waals surface area contributed by atoms with Crippen LogP contribution in [0.4, 0.5) is 4.79 Å². The summed E-state index contributed by atoms with van der Waals surface area (Å²) in [6.45, 7) is 2.48. The predicted octanol–water partition coefficient (Wildman–Crippen LogP) is 3.24. The number of fused-ring (bicyclic) bond motifs is 1. The molecule has 1 aliphatic heterocycles. The highest BCUT2D eigenvalue weighted by atomic mass is 16.2. The number of imide groups is 1. The van der Waals surface area contributed by atoms with Crippen LogP contribution in [-0.4, -0.2) is 27.4 Å². The molecule has 24 heavy (non-hydrogen) atoms. The van der Waals surface area contributed by atoms with E-state index in [1.807, 2.05) is 30.3 Å². The van der Waals surface area contributed by atoms with Gasteiger partial charge in [-0.3, -0.25) is 14.7 Å². The average Bonchev–Trinajstić information content (AvgIpc) is 2.82. The van der Waals surface area contributed by atoms with E-state index >= 15 is 0 Å². The average molecular weight is 323 g/mol. The molecule has 3 amide bonds. The lowest BCUT2D eigenvalue weighted by molar-refractivity contribution is -0.133. The molecule has 0 radical (unpaired) electrons. The summed E-state index contributed by atoms with van der Waals surface area (Å²) in [5, 5.41) is 3.99.